The quantitative estimate of drug-likeness (QED) is 0.546. The lowest BCUT2D eigenvalue weighted by atomic mass is 9.80. The molecule has 72 valence electrons. The zero-order valence-corrected chi connectivity index (χ0v) is 9.33. The van der Waals surface area contributed by atoms with Gasteiger partial charge in [-0.25, -0.2) is 0 Å². The summed E-state index contributed by atoms with van der Waals surface area (Å²) in [6.45, 7) is 8.97. The van der Waals surface area contributed by atoms with Gasteiger partial charge in [-0.05, 0) is 40.5 Å². The summed E-state index contributed by atoms with van der Waals surface area (Å²) in [7, 11) is 0. The molecular formula is C9H20N2S. The topological polar surface area (TPSA) is 24.1 Å². The minimum Gasteiger partial charge on any atom is -0.307 e. The molecule has 0 saturated carbocycles. The van der Waals surface area contributed by atoms with Crippen molar-refractivity contribution >= 4 is 12.8 Å². The Morgan fingerprint density at radius 2 is 1.58 bits per heavy atom. The average Bonchev–Trinajstić information content (AvgIpc) is 1.80. The number of thiol groups is 1. The lowest BCUT2D eigenvalue weighted by Gasteiger charge is -2.46. The second kappa shape index (κ2) is 3.20. The van der Waals surface area contributed by atoms with Gasteiger partial charge in [-0.1, -0.05) is 12.8 Å². The summed E-state index contributed by atoms with van der Waals surface area (Å²) in [5.74, 6) is 0. The second-order valence-electron chi connectivity index (χ2n) is 5.13. The molecule has 12 heavy (non-hydrogen) atoms. The molecule has 0 atom stereocenters. The first kappa shape index (κ1) is 10.4. The highest BCUT2D eigenvalue weighted by atomic mass is 32.1. The van der Waals surface area contributed by atoms with E-state index in [0.29, 0.717) is 6.04 Å². The van der Waals surface area contributed by atoms with Crippen LogP contribution in [0.1, 0.15) is 40.5 Å². The summed E-state index contributed by atoms with van der Waals surface area (Å²) in [6, 6.07) is 0.527. The number of hydrogen-bond donors (Lipinski definition) is 3. The molecule has 1 heterocycles. The molecule has 0 aromatic carbocycles. The Hall–Kier alpha value is 0.270. The van der Waals surface area contributed by atoms with Gasteiger partial charge >= 0.3 is 0 Å². The van der Waals surface area contributed by atoms with Crippen LogP contribution in [0.5, 0.6) is 0 Å². The van der Waals surface area contributed by atoms with Gasteiger partial charge in [0.1, 0.15) is 0 Å². The van der Waals surface area contributed by atoms with E-state index in [4.69, 9.17) is 0 Å². The fourth-order valence-electron chi connectivity index (χ4n) is 2.41. The Bertz CT molecular complexity index is 150. The normalized spacial score (nSPS) is 28.8. The predicted octanol–water partition coefficient (Wildman–Crippen LogP) is 1.73. The number of hydrogen-bond acceptors (Lipinski definition) is 3. The van der Waals surface area contributed by atoms with Gasteiger partial charge in [-0.2, -0.15) is 0 Å². The molecule has 1 fully saturated rings. The molecule has 0 aromatic rings. The van der Waals surface area contributed by atoms with E-state index < -0.39 is 0 Å². The van der Waals surface area contributed by atoms with Gasteiger partial charge in [0.15, 0.2) is 0 Å². The van der Waals surface area contributed by atoms with Crippen molar-refractivity contribution in [3.8, 4) is 0 Å². The lowest BCUT2D eigenvalue weighted by Crippen LogP contribution is -2.60. The SMILES string of the molecule is CC1(C)CC(NS)CC(C)(C)N1. The summed E-state index contributed by atoms with van der Waals surface area (Å²) in [5, 5.41) is 3.62. The summed E-state index contributed by atoms with van der Waals surface area (Å²) in [5.41, 5.74) is 0.449. The Morgan fingerprint density at radius 1 is 1.17 bits per heavy atom. The van der Waals surface area contributed by atoms with E-state index in [9.17, 15) is 0 Å². The first-order valence-electron chi connectivity index (χ1n) is 4.54. The van der Waals surface area contributed by atoms with E-state index in [-0.39, 0.29) is 11.1 Å². The van der Waals surface area contributed by atoms with Crippen LogP contribution in [0.2, 0.25) is 0 Å². The van der Waals surface area contributed by atoms with Crippen LogP contribution in [0.25, 0.3) is 0 Å². The van der Waals surface area contributed by atoms with Gasteiger partial charge < -0.3 is 5.32 Å². The lowest BCUT2D eigenvalue weighted by molar-refractivity contribution is 0.158. The van der Waals surface area contributed by atoms with Crippen LogP contribution < -0.4 is 10.0 Å². The molecule has 1 saturated heterocycles. The zero-order valence-electron chi connectivity index (χ0n) is 8.44. The molecule has 0 amide bonds. The van der Waals surface area contributed by atoms with E-state index in [1.165, 1.54) is 0 Å². The molecule has 1 rings (SSSR count). The molecule has 0 spiro atoms. The second-order valence-corrected chi connectivity index (χ2v) is 5.39. The molecule has 2 N–H and O–H groups in total. The third-order valence-electron chi connectivity index (χ3n) is 2.37. The highest BCUT2D eigenvalue weighted by Gasteiger charge is 2.36. The molecule has 2 nitrogen and oxygen atoms in total. The first-order chi connectivity index (χ1) is 5.35. The monoisotopic (exact) mass is 188 g/mol. The van der Waals surface area contributed by atoms with Crippen LogP contribution in [0, 0.1) is 0 Å². The number of piperidine rings is 1. The summed E-state index contributed by atoms with van der Waals surface area (Å²) in [6.07, 6.45) is 2.28. The van der Waals surface area contributed by atoms with Crippen LogP contribution in [0.3, 0.4) is 0 Å². The molecule has 1 aliphatic rings. The van der Waals surface area contributed by atoms with Crippen molar-refractivity contribution in [1.29, 1.82) is 0 Å². The molecular weight excluding hydrogens is 168 g/mol. The van der Waals surface area contributed by atoms with E-state index >= 15 is 0 Å². The fraction of sp³-hybridized carbons (Fsp3) is 1.00. The zero-order chi connectivity index (χ0) is 9.41. The fourth-order valence-corrected chi connectivity index (χ4v) is 2.60. The van der Waals surface area contributed by atoms with Crippen molar-refractivity contribution in [2.24, 2.45) is 0 Å². The molecule has 0 aromatic heterocycles. The average molecular weight is 188 g/mol. The van der Waals surface area contributed by atoms with Gasteiger partial charge in [0.25, 0.3) is 0 Å². The first-order valence-corrected chi connectivity index (χ1v) is 4.98. The van der Waals surface area contributed by atoms with Crippen LogP contribution in [0.4, 0.5) is 0 Å². The van der Waals surface area contributed by atoms with Gasteiger partial charge in [-0.3, -0.25) is 4.72 Å². The minimum atomic E-state index is 0.224. The summed E-state index contributed by atoms with van der Waals surface area (Å²) < 4.78 is 3.07. The minimum absolute atomic E-state index is 0.224. The van der Waals surface area contributed by atoms with E-state index in [2.05, 4.69) is 50.5 Å². The maximum absolute atomic E-state index is 4.14. The third-order valence-corrected chi connectivity index (χ3v) is 2.74. The third kappa shape index (κ3) is 2.64. The summed E-state index contributed by atoms with van der Waals surface area (Å²) >= 11 is 4.14. The van der Waals surface area contributed by atoms with Gasteiger partial charge in [-0.15, -0.1) is 0 Å². The van der Waals surface area contributed by atoms with Crippen LogP contribution in [-0.4, -0.2) is 17.1 Å². The molecule has 1 aliphatic heterocycles. The van der Waals surface area contributed by atoms with Gasteiger partial charge in [0.05, 0.1) is 0 Å². The van der Waals surface area contributed by atoms with E-state index in [1.54, 1.807) is 0 Å². The Balaban J connectivity index is 2.66. The number of rotatable bonds is 1. The standard InChI is InChI=1S/C9H20N2S/c1-8(2)5-7(10-12)6-9(3,4)11-8/h7,10-12H,5-6H2,1-4H3. The Labute approximate surface area is 81.0 Å². The highest BCUT2D eigenvalue weighted by Crippen LogP contribution is 2.28. The maximum Gasteiger partial charge on any atom is 0.0204 e. The Kier molecular flexibility index (Phi) is 2.76. The largest absolute Gasteiger partial charge is 0.307 e. The smallest absolute Gasteiger partial charge is 0.0204 e. The predicted molar refractivity (Wildman–Crippen MR) is 56.4 cm³/mol. The van der Waals surface area contributed by atoms with Crippen LogP contribution in [0.15, 0.2) is 0 Å². The molecule has 0 bridgehead atoms. The summed E-state index contributed by atoms with van der Waals surface area (Å²) in [4.78, 5) is 0. The van der Waals surface area contributed by atoms with Crippen molar-refractivity contribution in [3.05, 3.63) is 0 Å². The van der Waals surface area contributed by atoms with Crippen molar-refractivity contribution in [3.63, 3.8) is 0 Å². The molecule has 3 heteroatoms. The molecule has 0 unspecified atom stereocenters. The van der Waals surface area contributed by atoms with Crippen molar-refractivity contribution < 1.29 is 0 Å². The van der Waals surface area contributed by atoms with Gasteiger partial charge in [0.2, 0.25) is 0 Å². The van der Waals surface area contributed by atoms with E-state index in [0.717, 1.165) is 12.8 Å². The Morgan fingerprint density at radius 3 is 1.92 bits per heavy atom. The maximum atomic E-state index is 4.14. The van der Waals surface area contributed by atoms with Crippen molar-refractivity contribution in [2.45, 2.75) is 57.7 Å². The van der Waals surface area contributed by atoms with E-state index in [1.807, 2.05) is 0 Å². The van der Waals surface area contributed by atoms with Crippen molar-refractivity contribution in [2.75, 3.05) is 0 Å². The molecule has 0 radical (unpaired) electrons. The van der Waals surface area contributed by atoms with Crippen LogP contribution in [-0.2, 0) is 0 Å². The van der Waals surface area contributed by atoms with Gasteiger partial charge in [0, 0.05) is 17.1 Å². The molecule has 0 aliphatic carbocycles. The number of nitrogens with one attached hydrogen (secondary N) is 2. The van der Waals surface area contributed by atoms with Crippen molar-refractivity contribution in [1.82, 2.24) is 10.0 Å². The highest BCUT2D eigenvalue weighted by molar-refractivity contribution is 7.78. The van der Waals surface area contributed by atoms with Crippen LogP contribution >= 0.6 is 12.8 Å².